The molecule has 0 N–H and O–H groups in total. The molecule has 1 aromatic carbocycles. The van der Waals surface area contributed by atoms with Crippen LogP contribution >= 0.6 is 11.6 Å². The molecule has 0 spiro atoms. The van der Waals surface area contributed by atoms with E-state index in [1.807, 2.05) is 0 Å². The Morgan fingerprint density at radius 2 is 2.21 bits per heavy atom. The Kier molecular flexibility index (Phi) is 4.99. The third-order valence-corrected chi connectivity index (χ3v) is 4.39. The van der Waals surface area contributed by atoms with Crippen LogP contribution in [0.5, 0.6) is 5.75 Å². The summed E-state index contributed by atoms with van der Waals surface area (Å²) in [5, 5.41) is 4.00. The van der Waals surface area contributed by atoms with Crippen LogP contribution in [0.25, 0.3) is 0 Å². The van der Waals surface area contributed by atoms with Crippen LogP contribution in [-0.2, 0) is 4.79 Å². The van der Waals surface area contributed by atoms with Crippen molar-refractivity contribution in [2.45, 2.75) is 31.8 Å². The van der Waals surface area contributed by atoms with E-state index in [-0.39, 0.29) is 16.8 Å². The number of ether oxygens (including phenoxy) is 1. The van der Waals surface area contributed by atoms with E-state index in [4.69, 9.17) is 20.9 Å². The van der Waals surface area contributed by atoms with Gasteiger partial charge in [0.25, 0.3) is 5.91 Å². The van der Waals surface area contributed by atoms with Gasteiger partial charge in [-0.05, 0) is 38.0 Å². The molecule has 0 saturated carbocycles. The zero-order valence-corrected chi connectivity index (χ0v) is 13.9. The Hall–Kier alpha value is -2.15. The standard InChI is InChI=1S/C16H17ClFN3O3/c1-10(24-14-3-2-12(18)8-13(14)17)16(22)21-6-4-11(5-7-21)15-19-9-23-20-15/h2-3,8-11H,4-7H2,1H3. The predicted octanol–water partition coefficient (Wildman–Crippen LogP) is 3.04. The van der Waals surface area contributed by atoms with E-state index in [1.165, 1.54) is 18.5 Å². The molecular weight excluding hydrogens is 337 g/mol. The molecule has 1 aliphatic heterocycles. The second-order valence-electron chi connectivity index (χ2n) is 5.72. The minimum Gasteiger partial charge on any atom is -0.479 e. The summed E-state index contributed by atoms with van der Waals surface area (Å²) in [7, 11) is 0. The molecule has 1 saturated heterocycles. The van der Waals surface area contributed by atoms with E-state index in [0.717, 1.165) is 18.9 Å². The molecule has 1 aliphatic rings. The van der Waals surface area contributed by atoms with E-state index in [2.05, 4.69) is 10.1 Å². The van der Waals surface area contributed by atoms with Gasteiger partial charge in [-0.15, -0.1) is 0 Å². The molecule has 1 fully saturated rings. The summed E-state index contributed by atoms with van der Waals surface area (Å²) in [6, 6.07) is 3.82. The molecule has 1 amide bonds. The van der Waals surface area contributed by atoms with Crippen LogP contribution in [0.4, 0.5) is 4.39 Å². The molecular formula is C16H17ClFN3O3. The highest BCUT2D eigenvalue weighted by atomic mass is 35.5. The van der Waals surface area contributed by atoms with Crippen LogP contribution < -0.4 is 4.74 Å². The highest BCUT2D eigenvalue weighted by molar-refractivity contribution is 6.32. The fraction of sp³-hybridized carbons (Fsp3) is 0.438. The number of rotatable bonds is 4. The van der Waals surface area contributed by atoms with Gasteiger partial charge < -0.3 is 14.2 Å². The maximum atomic E-state index is 13.1. The fourth-order valence-corrected chi connectivity index (χ4v) is 3.00. The van der Waals surface area contributed by atoms with E-state index >= 15 is 0 Å². The average molecular weight is 354 g/mol. The Bertz CT molecular complexity index is 703. The molecule has 1 atom stereocenters. The van der Waals surface area contributed by atoms with Crippen molar-refractivity contribution in [1.29, 1.82) is 0 Å². The van der Waals surface area contributed by atoms with E-state index < -0.39 is 11.9 Å². The minimum absolute atomic E-state index is 0.123. The van der Waals surface area contributed by atoms with E-state index in [9.17, 15) is 9.18 Å². The van der Waals surface area contributed by atoms with Crippen molar-refractivity contribution in [1.82, 2.24) is 15.0 Å². The second-order valence-corrected chi connectivity index (χ2v) is 6.13. The lowest BCUT2D eigenvalue weighted by Crippen LogP contribution is -2.44. The van der Waals surface area contributed by atoms with Gasteiger partial charge in [-0.25, -0.2) is 4.39 Å². The molecule has 3 rings (SSSR count). The van der Waals surface area contributed by atoms with Gasteiger partial charge in [-0.2, -0.15) is 4.98 Å². The van der Waals surface area contributed by atoms with Gasteiger partial charge in [0.15, 0.2) is 11.9 Å². The normalized spacial score (nSPS) is 16.9. The third-order valence-electron chi connectivity index (χ3n) is 4.10. The number of piperidine rings is 1. The first kappa shape index (κ1) is 16.7. The highest BCUT2D eigenvalue weighted by Gasteiger charge is 2.29. The summed E-state index contributed by atoms with van der Waals surface area (Å²) in [4.78, 5) is 18.3. The number of amides is 1. The Balaban J connectivity index is 1.56. The van der Waals surface area contributed by atoms with Crippen molar-refractivity contribution < 1.29 is 18.4 Å². The molecule has 2 heterocycles. The largest absolute Gasteiger partial charge is 0.479 e. The van der Waals surface area contributed by atoms with Crippen molar-refractivity contribution in [3.63, 3.8) is 0 Å². The Morgan fingerprint density at radius 3 is 2.83 bits per heavy atom. The molecule has 128 valence electrons. The predicted molar refractivity (Wildman–Crippen MR) is 84.4 cm³/mol. The number of carbonyl (C=O) groups excluding carboxylic acids is 1. The van der Waals surface area contributed by atoms with Crippen LogP contribution in [0.1, 0.15) is 31.5 Å². The third kappa shape index (κ3) is 3.67. The lowest BCUT2D eigenvalue weighted by molar-refractivity contribution is -0.139. The minimum atomic E-state index is -0.699. The van der Waals surface area contributed by atoms with E-state index in [1.54, 1.807) is 11.8 Å². The lowest BCUT2D eigenvalue weighted by atomic mass is 9.96. The van der Waals surface area contributed by atoms with E-state index in [0.29, 0.717) is 24.7 Å². The number of hydrogen-bond acceptors (Lipinski definition) is 5. The van der Waals surface area contributed by atoms with Crippen LogP contribution in [0.2, 0.25) is 5.02 Å². The number of likely N-dealkylation sites (tertiary alicyclic amines) is 1. The van der Waals surface area contributed by atoms with Gasteiger partial charge in [0, 0.05) is 19.0 Å². The molecule has 2 aromatic rings. The monoisotopic (exact) mass is 353 g/mol. The van der Waals surface area contributed by atoms with Gasteiger partial charge in [-0.1, -0.05) is 16.8 Å². The molecule has 1 aromatic heterocycles. The average Bonchev–Trinajstić information content (AvgIpc) is 3.11. The summed E-state index contributed by atoms with van der Waals surface area (Å²) in [6.07, 6.45) is 2.16. The molecule has 1 unspecified atom stereocenters. The van der Waals surface area contributed by atoms with Gasteiger partial charge in [0.1, 0.15) is 11.6 Å². The van der Waals surface area contributed by atoms with Gasteiger partial charge in [0.2, 0.25) is 6.39 Å². The van der Waals surface area contributed by atoms with Gasteiger partial charge in [-0.3, -0.25) is 4.79 Å². The molecule has 24 heavy (non-hydrogen) atoms. The highest BCUT2D eigenvalue weighted by Crippen LogP contribution is 2.28. The van der Waals surface area contributed by atoms with Crippen LogP contribution in [-0.4, -0.2) is 40.1 Å². The van der Waals surface area contributed by atoms with Crippen molar-refractivity contribution in [2.75, 3.05) is 13.1 Å². The summed E-state index contributed by atoms with van der Waals surface area (Å²) < 4.78 is 23.4. The topological polar surface area (TPSA) is 68.5 Å². The number of halogens is 2. The first-order chi connectivity index (χ1) is 11.5. The number of carbonyl (C=O) groups is 1. The Morgan fingerprint density at radius 1 is 1.46 bits per heavy atom. The SMILES string of the molecule is CC(Oc1ccc(F)cc1Cl)C(=O)N1CCC(c2ncon2)CC1. The molecule has 0 bridgehead atoms. The summed E-state index contributed by atoms with van der Waals surface area (Å²) in [5.41, 5.74) is 0. The van der Waals surface area contributed by atoms with Gasteiger partial charge >= 0.3 is 0 Å². The first-order valence-electron chi connectivity index (χ1n) is 7.71. The van der Waals surface area contributed by atoms with Crippen molar-refractivity contribution in [2.24, 2.45) is 0 Å². The summed E-state index contributed by atoms with van der Waals surface area (Å²) >= 11 is 5.93. The quantitative estimate of drug-likeness (QED) is 0.845. The fourth-order valence-electron chi connectivity index (χ4n) is 2.79. The first-order valence-corrected chi connectivity index (χ1v) is 8.09. The molecule has 6 nitrogen and oxygen atoms in total. The van der Waals surface area contributed by atoms with Gasteiger partial charge in [0.05, 0.1) is 5.02 Å². The molecule has 0 radical (unpaired) electrons. The van der Waals surface area contributed by atoms with Crippen molar-refractivity contribution >= 4 is 17.5 Å². The molecule has 0 aliphatic carbocycles. The number of aromatic nitrogens is 2. The smallest absolute Gasteiger partial charge is 0.263 e. The lowest BCUT2D eigenvalue weighted by Gasteiger charge is -2.32. The van der Waals surface area contributed by atoms with Crippen LogP contribution in [0.15, 0.2) is 29.1 Å². The maximum absolute atomic E-state index is 13.1. The van der Waals surface area contributed by atoms with Crippen LogP contribution in [0.3, 0.4) is 0 Å². The summed E-state index contributed by atoms with van der Waals surface area (Å²) in [6.45, 7) is 2.86. The number of benzene rings is 1. The second kappa shape index (κ2) is 7.17. The number of nitrogens with zero attached hydrogens (tertiary/aromatic N) is 3. The zero-order chi connectivity index (χ0) is 17.1. The molecule has 8 heteroatoms. The van der Waals surface area contributed by atoms with Crippen molar-refractivity contribution in [3.8, 4) is 5.75 Å². The van der Waals surface area contributed by atoms with Crippen LogP contribution in [0, 0.1) is 5.82 Å². The maximum Gasteiger partial charge on any atom is 0.263 e. The Labute approximate surface area is 143 Å². The zero-order valence-electron chi connectivity index (χ0n) is 13.1. The summed E-state index contributed by atoms with van der Waals surface area (Å²) in [5.74, 6) is 0.609. The number of hydrogen-bond donors (Lipinski definition) is 0. The van der Waals surface area contributed by atoms with Crippen molar-refractivity contribution in [3.05, 3.63) is 41.3 Å².